The van der Waals surface area contributed by atoms with E-state index in [4.69, 9.17) is 0 Å². The molecule has 4 heteroatoms. The summed E-state index contributed by atoms with van der Waals surface area (Å²) in [6.45, 7) is 9.01. The van der Waals surface area contributed by atoms with Crippen LogP contribution in [0.4, 0.5) is 0 Å². The molecule has 0 nitrogen and oxygen atoms in total. The SMILES string of the molecule is CCSC(SCC)(SCC)SCC. The number of thioether (sulfide) groups is 4. The lowest BCUT2D eigenvalue weighted by atomic mass is 11.0. The molecule has 0 atom stereocenters. The highest BCUT2D eigenvalue weighted by Crippen LogP contribution is 2.54. The van der Waals surface area contributed by atoms with E-state index in [0.717, 1.165) is 0 Å². The fourth-order valence-electron chi connectivity index (χ4n) is 0.957. The minimum Gasteiger partial charge on any atom is -0.123 e. The van der Waals surface area contributed by atoms with Gasteiger partial charge in [-0.1, -0.05) is 27.7 Å². The predicted octanol–water partition coefficient (Wildman–Crippen LogP) is 4.61. The Hall–Kier alpha value is 1.40. The van der Waals surface area contributed by atoms with Crippen molar-refractivity contribution in [3.8, 4) is 0 Å². The Morgan fingerprint density at radius 2 is 0.846 bits per heavy atom. The van der Waals surface area contributed by atoms with Crippen molar-refractivity contribution in [2.24, 2.45) is 0 Å². The Kier molecular flexibility index (Phi) is 9.62. The van der Waals surface area contributed by atoms with Crippen LogP contribution in [-0.4, -0.2) is 25.8 Å². The summed E-state index contributed by atoms with van der Waals surface area (Å²) in [7, 11) is 0. The van der Waals surface area contributed by atoms with Gasteiger partial charge in [-0.05, 0) is 23.0 Å². The van der Waals surface area contributed by atoms with Crippen LogP contribution < -0.4 is 0 Å². The van der Waals surface area contributed by atoms with Gasteiger partial charge in [0.05, 0.1) is 0 Å². The molecule has 0 aliphatic carbocycles. The first-order valence-electron chi connectivity index (χ1n) is 4.80. The van der Waals surface area contributed by atoms with E-state index in [2.05, 4.69) is 74.7 Å². The molecule has 0 fully saturated rings. The van der Waals surface area contributed by atoms with E-state index in [1.807, 2.05) is 0 Å². The van der Waals surface area contributed by atoms with Crippen molar-refractivity contribution in [2.45, 2.75) is 30.4 Å². The third kappa shape index (κ3) is 5.75. The van der Waals surface area contributed by atoms with E-state index in [1.165, 1.54) is 23.0 Å². The average Bonchev–Trinajstić information content (AvgIpc) is 2.06. The van der Waals surface area contributed by atoms with Gasteiger partial charge in [-0.2, -0.15) is 0 Å². The zero-order valence-electron chi connectivity index (χ0n) is 8.96. The highest BCUT2D eigenvalue weighted by Gasteiger charge is 2.29. The van der Waals surface area contributed by atoms with Crippen LogP contribution in [0, 0.1) is 0 Å². The molecule has 0 heterocycles. The van der Waals surface area contributed by atoms with Crippen molar-refractivity contribution in [2.75, 3.05) is 23.0 Å². The van der Waals surface area contributed by atoms with E-state index >= 15 is 0 Å². The van der Waals surface area contributed by atoms with Crippen molar-refractivity contribution >= 4 is 47.0 Å². The van der Waals surface area contributed by atoms with E-state index in [9.17, 15) is 0 Å². The Morgan fingerprint density at radius 1 is 0.615 bits per heavy atom. The van der Waals surface area contributed by atoms with Crippen LogP contribution in [-0.2, 0) is 0 Å². The van der Waals surface area contributed by atoms with Gasteiger partial charge in [-0.3, -0.25) is 0 Å². The summed E-state index contributed by atoms with van der Waals surface area (Å²) >= 11 is 8.35. The lowest BCUT2D eigenvalue weighted by Crippen LogP contribution is -2.12. The Balaban J connectivity index is 4.19. The van der Waals surface area contributed by atoms with Gasteiger partial charge in [0, 0.05) is 0 Å². The molecule has 0 bridgehead atoms. The second kappa shape index (κ2) is 8.69. The summed E-state index contributed by atoms with van der Waals surface area (Å²) in [5.74, 6) is 4.86. The minimum absolute atomic E-state index is 0.368. The van der Waals surface area contributed by atoms with Crippen LogP contribution in [0.25, 0.3) is 0 Å². The molecule has 0 aromatic carbocycles. The quantitative estimate of drug-likeness (QED) is 0.581. The first-order valence-corrected chi connectivity index (χ1v) is 8.74. The van der Waals surface area contributed by atoms with Gasteiger partial charge < -0.3 is 0 Å². The van der Waals surface area contributed by atoms with Gasteiger partial charge in [0.2, 0.25) is 0 Å². The lowest BCUT2D eigenvalue weighted by molar-refractivity contribution is 1.46. The van der Waals surface area contributed by atoms with Crippen LogP contribution >= 0.6 is 47.0 Å². The number of hydrogen-bond acceptors (Lipinski definition) is 4. The van der Waals surface area contributed by atoms with Crippen molar-refractivity contribution in [1.82, 2.24) is 0 Å². The van der Waals surface area contributed by atoms with Crippen LogP contribution in [0.3, 0.4) is 0 Å². The van der Waals surface area contributed by atoms with Gasteiger partial charge in [0.15, 0.2) is 2.74 Å². The maximum absolute atomic E-state index is 2.25. The van der Waals surface area contributed by atoms with Crippen LogP contribution in [0.1, 0.15) is 27.7 Å². The predicted molar refractivity (Wildman–Crippen MR) is 75.3 cm³/mol. The Bertz CT molecular complexity index is 86.7. The first-order chi connectivity index (χ1) is 6.24. The van der Waals surface area contributed by atoms with Gasteiger partial charge in [0.1, 0.15) is 0 Å². The summed E-state index contributed by atoms with van der Waals surface area (Å²) in [5, 5.41) is 0. The molecule has 0 saturated carbocycles. The smallest absolute Gasteiger partial charge is 0.123 e. The molecule has 0 aliphatic rings. The molecule has 0 N–H and O–H groups in total. The monoisotopic (exact) mass is 256 g/mol. The fourth-order valence-corrected chi connectivity index (χ4v) is 8.61. The van der Waals surface area contributed by atoms with E-state index in [1.54, 1.807) is 0 Å². The van der Waals surface area contributed by atoms with E-state index in [0.29, 0.717) is 2.74 Å². The van der Waals surface area contributed by atoms with Gasteiger partial charge in [-0.15, -0.1) is 47.0 Å². The van der Waals surface area contributed by atoms with Gasteiger partial charge >= 0.3 is 0 Å². The van der Waals surface area contributed by atoms with Crippen molar-refractivity contribution in [1.29, 1.82) is 0 Å². The molecule has 0 aromatic rings. The second-order valence-corrected chi connectivity index (χ2v) is 9.70. The summed E-state index contributed by atoms with van der Waals surface area (Å²) < 4.78 is 0.368. The fraction of sp³-hybridized carbons (Fsp3) is 1.00. The normalized spacial score (nSPS) is 12.0. The van der Waals surface area contributed by atoms with Crippen molar-refractivity contribution in [3.05, 3.63) is 0 Å². The molecule has 0 radical (unpaired) electrons. The average molecular weight is 257 g/mol. The molecule has 0 aromatic heterocycles. The lowest BCUT2D eigenvalue weighted by Gasteiger charge is -2.30. The van der Waals surface area contributed by atoms with Crippen LogP contribution in [0.2, 0.25) is 0 Å². The third-order valence-corrected chi connectivity index (χ3v) is 8.10. The minimum atomic E-state index is 0.368. The summed E-state index contributed by atoms with van der Waals surface area (Å²) in [5.41, 5.74) is 0. The summed E-state index contributed by atoms with van der Waals surface area (Å²) in [4.78, 5) is 0. The molecule has 0 spiro atoms. The molecule has 0 saturated heterocycles. The van der Waals surface area contributed by atoms with Crippen molar-refractivity contribution in [3.63, 3.8) is 0 Å². The van der Waals surface area contributed by atoms with E-state index in [-0.39, 0.29) is 0 Å². The second-order valence-electron chi connectivity index (χ2n) is 2.23. The molecule has 0 aliphatic heterocycles. The van der Waals surface area contributed by atoms with Gasteiger partial charge in [-0.25, -0.2) is 0 Å². The summed E-state index contributed by atoms with van der Waals surface area (Å²) in [6.07, 6.45) is 0. The molecule has 0 rings (SSSR count). The van der Waals surface area contributed by atoms with E-state index < -0.39 is 0 Å². The highest BCUT2D eigenvalue weighted by molar-refractivity contribution is 8.47. The molecule has 0 unspecified atom stereocenters. The van der Waals surface area contributed by atoms with Gasteiger partial charge in [0.25, 0.3) is 0 Å². The molecule has 0 amide bonds. The van der Waals surface area contributed by atoms with Crippen LogP contribution in [0.15, 0.2) is 0 Å². The molecule has 80 valence electrons. The molecular formula is C9H20S4. The zero-order valence-corrected chi connectivity index (χ0v) is 12.2. The Morgan fingerprint density at radius 3 is 1.00 bits per heavy atom. The first kappa shape index (κ1) is 14.4. The maximum atomic E-state index is 2.25. The zero-order chi connectivity index (χ0) is 10.2. The number of rotatable bonds is 8. The highest BCUT2D eigenvalue weighted by atomic mass is 32.3. The topological polar surface area (TPSA) is 0 Å². The molecular weight excluding hydrogens is 236 g/mol. The standard InChI is InChI=1S/C9H20S4/c1-5-10-9(11-6-2,12-7-3)13-8-4/h5-8H2,1-4H3. The Labute approximate surface area is 100 Å². The third-order valence-electron chi connectivity index (χ3n) is 1.28. The maximum Gasteiger partial charge on any atom is 0.153 e. The van der Waals surface area contributed by atoms with Crippen LogP contribution in [0.5, 0.6) is 0 Å². The number of hydrogen-bond donors (Lipinski definition) is 0. The molecule has 13 heavy (non-hydrogen) atoms. The van der Waals surface area contributed by atoms with Crippen molar-refractivity contribution < 1.29 is 0 Å². The summed E-state index contributed by atoms with van der Waals surface area (Å²) in [6, 6.07) is 0. The largest absolute Gasteiger partial charge is 0.153 e.